The number of carbonyl (C=O) groups excluding carboxylic acids is 2. The zero-order valence-corrected chi connectivity index (χ0v) is 16.3. The van der Waals surface area contributed by atoms with E-state index in [2.05, 4.69) is 23.5 Å². The topological polar surface area (TPSA) is 99.7 Å². The van der Waals surface area contributed by atoms with Gasteiger partial charge in [0.2, 0.25) is 5.91 Å². The van der Waals surface area contributed by atoms with Crippen molar-refractivity contribution in [2.45, 2.75) is 12.5 Å². The quantitative estimate of drug-likeness (QED) is 0.610. The average molecular weight is 394 g/mol. The van der Waals surface area contributed by atoms with Crippen molar-refractivity contribution in [3.8, 4) is 23.3 Å². The fourth-order valence-electron chi connectivity index (χ4n) is 3.15. The first-order valence-corrected chi connectivity index (χ1v) is 9.00. The van der Waals surface area contributed by atoms with Crippen LogP contribution in [0.25, 0.3) is 0 Å². The molecule has 0 aliphatic carbocycles. The molecule has 0 radical (unpaired) electrons. The maximum Gasteiger partial charge on any atom is 0.253 e. The Kier molecular flexibility index (Phi) is 5.88. The molecule has 1 saturated heterocycles. The van der Waals surface area contributed by atoms with Crippen LogP contribution in [0.1, 0.15) is 34.1 Å². The lowest BCUT2D eigenvalue weighted by molar-refractivity contribution is -0.125. The third-order valence-corrected chi connectivity index (χ3v) is 4.70. The second-order valence-corrected chi connectivity index (χ2v) is 6.52. The number of hydrogen-bond donors (Lipinski definition) is 1. The van der Waals surface area contributed by atoms with Crippen molar-refractivity contribution in [1.82, 2.24) is 14.7 Å². The molecular weight excluding hydrogens is 372 g/mol. The molecule has 1 aromatic carbocycles. The number of ether oxygens (including phenoxy) is 2. The van der Waals surface area contributed by atoms with Gasteiger partial charge in [-0.1, -0.05) is 12.5 Å². The maximum absolute atomic E-state index is 11.9. The van der Waals surface area contributed by atoms with Crippen molar-refractivity contribution in [2.24, 2.45) is 5.73 Å². The summed E-state index contributed by atoms with van der Waals surface area (Å²) in [5.41, 5.74) is 6.68. The van der Waals surface area contributed by atoms with Crippen molar-refractivity contribution in [3.05, 3.63) is 53.9 Å². The third kappa shape index (κ3) is 4.41. The molecule has 1 fully saturated rings. The molecule has 1 aliphatic rings. The normalized spacial score (nSPS) is 15.4. The molecule has 0 saturated carbocycles. The molecule has 1 aromatic heterocycles. The number of primary amides is 1. The van der Waals surface area contributed by atoms with E-state index in [1.807, 2.05) is 0 Å². The van der Waals surface area contributed by atoms with E-state index in [9.17, 15) is 9.59 Å². The SMILES string of the molecule is C=CC(=O)N1CC[C@H](n2cc(C(N)=O)c(C#Cc3cc(OC)cc(OC)c3)n2)C1. The van der Waals surface area contributed by atoms with Gasteiger partial charge >= 0.3 is 0 Å². The minimum atomic E-state index is -0.610. The first kappa shape index (κ1) is 20.0. The van der Waals surface area contributed by atoms with Crippen LogP contribution in [0.2, 0.25) is 0 Å². The fourth-order valence-corrected chi connectivity index (χ4v) is 3.15. The lowest BCUT2D eigenvalue weighted by atomic mass is 10.2. The highest BCUT2D eigenvalue weighted by Gasteiger charge is 2.28. The molecule has 1 aliphatic heterocycles. The maximum atomic E-state index is 11.9. The van der Waals surface area contributed by atoms with Gasteiger partial charge in [-0.2, -0.15) is 5.10 Å². The lowest BCUT2D eigenvalue weighted by Gasteiger charge is -2.14. The van der Waals surface area contributed by atoms with Crippen LogP contribution in [0.4, 0.5) is 0 Å². The van der Waals surface area contributed by atoms with E-state index in [0.29, 0.717) is 30.2 Å². The van der Waals surface area contributed by atoms with Gasteiger partial charge in [-0.05, 0) is 30.6 Å². The van der Waals surface area contributed by atoms with Gasteiger partial charge in [0, 0.05) is 30.9 Å². The predicted molar refractivity (Wildman–Crippen MR) is 107 cm³/mol. The highest BCUT2D eigenvalue weighted by atomic mass is 16.5. The van der Waals surface area contributed by atoms with Crippen LogP contribution in [-0.4, -0.2) is 53.8 Å². The third-order valence-electron chi connectivity index (χ3n) is 4.70. The summed E-state index contributed by atoms with van der Waals surface area (Å²) in [4.78, 5) is 25.4. The molecule has 2 amide bonds. The van der Waals surface area contributed by atoms with Crippen molar-refractivity contribution in [3.63, 3.8) is 0 Å². The zero-order chi connectivity index (χ0) is 21.0. The Bertz CT molecular complexity index is 993. The first-order valence-electron chi connectivity index (χ1n) is 9.00. The van der Waals surface area contributed by atoms with Crippen molar-refractivity contribution in [1.29, 1.82) is 0 Å². The van der Waals surface area contributed by atoms with Crippen LogP contribution < -0.4 is 15.2 Å². The number of nitrogens with two attached hydrogens (primary N) is 1. The summed E-state index contributed by atoms with van der Waals surface area (Å²) in [6, 6.07) is 5.20. The van der Waals surface area contributed by atoms with Gasteiger partial charge in [0.15, 0.2) is 0 Å². The van der Waals surface area contributed by atoms with Crippen LogP contribution in [0.3, 0.4) is 0 Å². The van der Waals surface area contributed by atoms with Crippen LogP contribution in [0.5, 0.6) is 11.5 Å². The largest absolute Gasteiger partial charge is 0.497 e. The van der Waals surface area contributed by atoms with Crippen LogP contribution in [-0.2, 0) is 4.79 Å². The highest BCUT2D eigenvalue weighted by Crippen LogP contribution is 2.24. The average Bonchev–Trinajstić information content (AvgIpc) is 3.38. The molecule has 29 heavy (non-hydrogen) atoms. The number of aromatic nitrogens is 2. The van der Waals surface area contributed by atoms with E-state index in [1.165, 1.54) is 6.08 Å². The number of rotatable bonds is 5. The molecule has 1 atom stereocenters. The van der Waals surface area contributed by atoms with Gasteiger partial charge in [-0.3, -0.25) is 14.3 Å². The fraction of sp³-hybridized carbons (Fsp3) is 0.286. The molecule has 2 heterocycles. The highest BCUT2D eigenvalue weighted by molar-refractivity contribution is 5.94. The zero-order valence-electron chi connectivity index (χ0n) is 16.3. The van der Waals surface area contributed by atoms with E-state index < -0.39 is 5.91 Å². The monoisotopic (exact) mass is 394 g/mol. The number of likely N-dealkylation sites (tertiary alicyclic amines) is 1. The Labute approximate surface area is 168 Å². The number of carbonyl (C=O) groups is 2. The summed E-state index contributed by atoms with van der Waals surface area (Å²) in [5.74, 6) is 6.36. The van der Waals surface area contributed by atoms with E-state index in [-0.39, 0.29) is 23.2 Å². The van der Waals surface area contributed by atoms with Gasteiger partial charge in [-0.25, -0.2) is 0 Å². The Balaban J connectivity index is 1.90. The van der Waals surface area contributed by atoms with Crippen molar-refractivity contribution >= 4 is 11.8 Å². The molecular formula is C21H22N4O4. The van der Waals surface area contributed by atoms with E-state index in [0.717, 1.165) is 6.42 Å². The van der Waals surface area contributed by atoms with Gasteiger partial charge in [-0.15, -0.1) is 0 Å². The molecule has 8 heteroatoms. The predicted octanol–water partition coefficient (Wildman–Crippen LogP) is 1.36. The van der Waals surface area contributed by atoms with Gasteiger partial charge in [0.1, 0.15) is 17.2 Å². The van der Waals surface area contributed by atoms with Crippen LogP contribution in [0, 0.1) is 11.8 Å². The van der Waals surface area contributed by atoms with E-state index >= 15 is 0 Å². The summed E-state index contributed by atoms with van der Waals surface area (Å²) < 4.78 is 12.1. The second-order valence-electron chi connectivity index (χ2n) is 6.52. The first-order chi connectivity index (χ1) is 13.9. The lowest BCUT2D eigenvalue weighted by Crippen LogP contribution is -2.27. The molecule has 0 bridgehead atoms. The summed E-state index contributed by atoms with van der Waals surface area (Å²) >= 11 is 0. The smallest absolute Gasteiger partial charge is 0.253 e. The van der Waals surface area contributed by atoms with Crippen molar-refractivity contribution in [2.75, 3.05) is 27.3 Å². The Morgan fingerprint density at radius 3 is 2.52 bits per heavy atom. The van der Waals surface area contributed by atoms with E-state index in [4.69, 9.17) is 15.2 Å². The van der Waals surface area contributed by atoms with Gasteiger partial charge in [0.25, 0.3) is 5.91 Å². The second kappa shape index (κ2) is 8.52. The van der Waals surface area contributed by atoms with Crippen LogP contribution in [0.15, 0.2) is 37.1 Å². The number of hydrogen-bond acceptors (Lipinski definition) is 5. The Hall–Kier alpha value is -3.73. The molecule has 0 unspecified atom stereocenters. The standard InChI is InChI=1S/C21H22N4O4/c1-4-20(26)24-8-7-15(12-24)25-13-18(21(22)27)19(23-25)6-5-14-9-16(28-2)11-17(10-14)29-3/h4,9-11,13,15H,1,7-8,12H2,2-3H3,(H2,22,27)/t15-/m0/s1. The minimum Gasteiger partial charge on any atom is -0.497 e. The Morgan fingerprint density at radius 2 is 1.93 bits per heavy atom. The summed E-state index contributed by atoms with van der Waals surface area (Å²) in [5, 5.41) is 4.45. The van der Waals surface area contributed by atoms with E-state index in [1.54, 1.807) is 48.2 Å². The molecule has 8 nitrogen and oxygen atoms in total. The summed E-state index contributed by atoms with van der Waals surface area (Å²) in [6.45, 7) is 4.61. The molecule has 150 valence electrons. The summed E-state index contributed by atoms with van der Waals surface area (Å²) in [7, 11) is 3.11. The van der Waals surface area contributed by atoms with Crippen molar-refractivity contribution < 1.29 is 19.1 Å². The number of methoxy groups -OCH3 is 2. The molecule has 0 spiro atoms. The molecule has 2 aromatic rings. The number of benzene rings is 1. The number of nitrogens with zero attached hydrogens (tertiary/aromatic N) is 3. The molecule has 3 rings (SSSR count). The molecule has 2 N–H and O–H groups in total. The summed E-state index contributed by atoms with van der Waals surface area (Å²) in [6.07, 6.45) is 3.60. The Morgan fingerprint density at radius 1 is 1.24 bits per heavy atom. The van der Waals surface area contributed by atoms with Gasteiger partial charge in [0.05, 0.1) is 25.8 Å². The number of amides is 2. The minimum absolute atomic E-state index is 0.0514. The van der Waals surface area contributed by atoms with Gasteiger partial charge < -0.3 is 20.1 Å². The van der Waals surface area contributed by atoms with Crippen LogP contribution >= 0.6 is 0 Å².